The SMILES string of the molecule is Cc1c(C(=O)OC2CCCCC2)sc2ncnc(Nc3ccc(Cl)cc3)c12. The summed E-state index contributed by atoms with van der Waals surface area (Å²) in [4.78, 5) is 22.8. The van der Waals surface area contributed by atoms with Crippen LogP contribution in [0.3, 0.4) is 0 Å². The summed E-state index contributed by atoms with van der Waals surface area (Å²) in [6.07, 6.45) is 6.94. The fourth-order valence-electron chi connectivity index (χ4n) is 3.42. The Morgan fingerprint density at radius 2 is 1.93 bits per heavy atom. The van der Waals surface area contributed by atoms with E-state index < -0.39 is 0 Å². The number of ether oxygens (including phenoxy) is 1. The summed E-state index contributed by atoms with van der Waals surface area (Å²) in [7, 11) is 0. The van der Waals surface area contributed by atoms with Crippen LogP contribution in [0.4, 0.5) is 11.5 Å². The second kappa shape index (κ2) is 7.82. The zero-order chi connectivity index (χ0) is 18.8. The highest BCUT2D eigenvalue weighted by Crippen LogP contribution is 2.35. The number of benzene rings is 1. The van der Waals surface area contributed by atoms with Gasteiger partial charge in [-0.15, -0.1) is 11.3 Å². The van der Waals surface area contributed by atoms with E-state index in [4.69, 9.17) is 16.3 Å². The molecule has 0 aliphatic heterocycles. The number of rotatable bonds is 4. The Morgan fingerprint density at radius 3 is 2.67 bits per heavy atom. The smallest absolute Gasteiger partial charge is 0.348 e. The highest BCUT2D eigenvalue weighted by Gasteiger charge is 2.24. The molecule has 1 aliphatic carbocycles. The maximum Gasteiger partial charge on any atom is 0.348 e. The van der Waals surface area contributed by atoms with Crippen molar-refractivity contribution in [2.45, 2.75) is 45.1 Å². The molecular weight excluding hydrogens is 382 g/mol. The highest BCUT2D eigenvalue weighted by atomic mass is 35.5. The lowest BCUT2D eigenvalue weighted by Gasteiger charge is -2.21. The molecule has 3 aromatic rings. The van der Waals surface area contributed by atoms with Crippen LogP contribution in [0.25, 0.3) is 10.2 Å². The number of nitrogens with one attached hydrogen (secondary N) is 1. The Bertz CT molecular complexity index is 965. The molecule has 4 rings (SSSR count). The molecule has 0 radical (unpaired) electrons. The van der Waals surface area contributed by atoms with Crippen molar-refractivity contribution in [3.63, 3.8) is 0 Å². The number of carbonyl (C=O) groups excluding carboxylic acids is 1. The first-order chi connectivity index (χ1) is 13.1. The van der Waals surface area contributed by atoms with Gasteiger partial charge in [0.2, 0.25) is 0 Å². The van der Waals surface area contributed by atoms with E-state index in [9.17, 15) is 4.79 Å². The van der Waals surface area contributed by atoms with Crippen LogP contribution in [0, 0.1) is 6.92 Å². The standard InChI is InChI=1S/C20H20ClN3O2S/c1-12-16-18(24-14-9-7-13(21)8-10-14)22-11-23-19(16)27-17(12)20(25)26-15-5-3-2-4-6-15/h7-11,15H,2-6H2,1H3,(H,22,23,24). The summed E-state index contributed by atoms with van der Waals surface area (Å²) in [5.41, 5.74) is 1.73. The Labute approximate surface area is 166 Å². The first kappa shape index (κ1) is 18.2. The molecule has 0 saturated heterocycles. The lowest BCUT2D eigenvalue weighted by atomic mass is 9.98. The summed E-state index contributed by atoms with van der Waals surface area (Å²) < 4.78 is 5.75. The zero-order valence-electron chi connectivity index (χ0n) is 15.0. The number of halogens is 1. The molecule has 1 saturated carbocycles. The van der Waals surface area contributed by atoms with Crippen LogP contribution in [0.15, 0.2) is 30.6 Å². The molecule has 2 aromatic heterocycles. The summed E-state index contributed by atoms with van der Waals surface area (Å²) in [5, 5.41) is 4.82. The van der Waals surface area contributed by atoms with E-state index in [-0.39, 0.29) is 12.1 Å². The molecule has 0 spiro atoms. The summed E-state index contributed by atoms with van der Waals surface area (Å²) in [6, 6.07) is 7.40. The topological polar surface area (TPSA) is 64.1 Å². The van der Waals surface area contributed by atoms with Gasteiger partial charge < -0.3 is 10.1 Å². The molecule has 1 aliphatic rings. The normalized spacial score (nSPS) is 15.0. The summed E-state index contributed by atoms with van der Waals surface area (Å²) in [6.45, 7) is 1.92. The van der Waals surface area contributed by atoms with Gasteiger partial charge in [-0.25, -0.2) is 14.8 Å². The highest BCUT2D eigenvalue weighted by molar-refractivity contribution is 7.20. The number of anilines is 2. The molecule has 0 bridgehead atoms. The Kier molecular flexibility index (Phi) is 5.27. The van der Waals surface area contributed by atoms with Crippen LogP contribution in [0.2, 0.25) is 5.02 Å². The zero-order valence-corrected chi connectivity index (χ0v) is 16.6. The number of hydrogen-bond acceptors (Lipinski definition) is 6. The van der Waals surface area contributed by atoms with E-state index in [0.29, 0.717) is 15.7 Å². The van der Waals surface area contributed by atoms with Crippen molar-refractivity contribution in [1.29, 1.82) is 0 Å². The van der Waals surface area contributed by atoms with Crippen molar-refractivity contribution in [2.24, 2.45) is 0 Å². The van der Waals surface area contributed by atoms with Gasteiger partial charge in [0.1, 0.15) is 28.0 Å². The van der Waals surface area contributed by atoms with Crippen molar-refractivity contribution in [3.05, 3.63) is 46.1 Å². The van der Waals surface area contributed by atoms with E-state index in [1.807, 2.05) is 31.2 Å². The number of aryl methyl sites for hydroxylation is 1. The number of aromatic nitrogens is 2. The van der Waals surface area contributed by atoms with Gasteiger partial charge in [0, 0.05) is 10.7 Å². The van der Waals surface area contributed by atoms with Gasteiger partial charge >= 0.3 is 5.97 Å². The van der Waals surface area contributed by atoms with E-state index in [1.54, 1.807) is 0 Å². The van der Waals surface area contributed by atoms with E-state index in [0.717, 1.165) is 47.2 Å². The monoisotopic (exact) mass is 401 g/mol. The van der Waals surface area contributed by atoms with Crippen LogP contribution in [0.1, 0.15) is 47.3 Å². The molecule has 1 fully saturated rings. The number of fused-ring (bicyclic) bond motifs is 1. The second-order valence-corrected chi connectivity index (χ2v) is 8.19. The number of carbonyl (C=O) groups is 1. The Balaban J connectivity index is 1.63. The van der Waals surface area contributed by atoms with E-state index >= 15 is 0 Å². The third-order valence-electron chi connectivity index (χ3n) is 4.85. The maximum atomic E-state index is 12.7. The predicted octanol–water partition coefficient (Wildman–Crippen LogP) is 5.89. The van der Waals surface area contributed by atoms with Gasteiger partial charge in [-0.3, -0.25) is 0 Å². The average molecular weight is 402 g/mol. The van der Waals surface area contributed by atoms with E-state index in [2.05, 4.69) is 15.3 Å². The van der Waals surface area contributed by atoms with Crippen LogP contribution in [-0.4, -0.2) is 22.0 Å². The molecule has 5 nitrogen and oxygen atoms in total. The molecule has 0 amide bonds. The molecule has 140 valence electrons. The second-order valence-electron chi connectivity index (χ2n) is 6.76. The van der Waals surface area contributed by atoms with Crippen LogP contribution in [0.5, 0.6) is 0 Å². The fourth-order valence-corrected chi connectivity index (χ4v) is 4.58. The van der Waals surface area contributed by atoms with Gasteiger partial charge in [0.05, 0.1) is 5.39 Å². The first-order valence-corrected chi connectivity index (χ1v) is 10.3. The van der Waals surface area contributed by atoms with Gasteiger partial charge in [0.15, 0.2) is 0 Å². The van der Waals surface area contributed by atoms with Crippen LogP contribution >= 0.6 is 22.9 Å². The van der Waals surface area contributed by atoms with Gasteiger partial charge in [-0.1, -0.05) is 18.0 Å². The van der Waals surface area contributed by atoms with Crippen LogP contribution in [-0.2, 0) is 4.74 Å². The lowest BCUT2D eigenvalue weighted by Crippen LogP contribution is -2.20. The van der Waals surface area contributed by atoms with Gasteiger partial charge in [0.25, 0.3) is 0 Å². The predicted molar refractivity (Wildman–Crippen MR) is 109 cm³/mol. The minimum Gasteiger partial charge on any atom is -0.458 e. The third-order valence-corrected chi connectivity index (χ3v) is 6.28. The molecular formula is C20H20ClN3O2S. The largest absolute Gasteiger partial charge is 0.458 e. The van der Waals surface area contributed by atoms with Crippen molar-refractivity contribution < 1.29 is 9.53 Å². The maximum absolute atomic E-state index is 12.7. The molecule has 0 atom stereocenters. The molecule has 2 heterocycles. The molecule has 7 heteroatoms. The molecule has 1 N–H and O–H groups in total. The number of hydrogen-bond donors (Lipinski definition) is 1. The lowest BCUT2D eigenvalue weighted by molar-refractivity contribution is 0.0216. The molecule has 0 unspecified atom stereocenters. The molecule has 1 aromatic carbocycles. The van der Waals surface area contributed by atoms with Crippen molar-refractivity contribution in [2.75, 3.05) is 5.32 Å². The minimum absolute atomic E-state index is 0.0357. The van der Waals surface area contributed by atoms with Crippen molar-refractivity contribution in [3.8, 4) is 0 Å². The molecule has 27 heavy (non-hydrogen) atoms. The fraction of sp³-hybridized carbons (Fsp3) is 0.350. The minimum atomic E-state index is -0.250. The Hall–Kier alpha value is -2.18. The summed E-state index contributed by atoms with van der Waals surface area (Å²) >= 11 is 7.31. The summed E-state index contributed by atoms with van der Waals surface area (Å²) in [5.74, 6) is 0.424. The first-order valence-electron chi connectivity index (χ1n) is 9.09. The van der Waals surface area contributed by atoms with Crippen molar-refractivity contribution in [1.82, 2.24) is 9.97 Å². The third kappa shape index (κ3) is 3.92. The van der Waals surface area contributed by atoms with E-state index in [1.165, 1.54) is 24.1 Å². The van der Waals surface area contributed by atoms with Gasteiger partial charge in [-0.05, 0) is 62.4 Å². The quantitative estimate of drug-likeness (QED) is 0.552. The average Bonchev–Trinajstić information content (AvgIpc) is 3.02. The number of thiophene rings is 1. The number of nitrogens with zero attached hydrogens (tertiary/aromatic N) is 2. The van der Waals surface area contributed by atoms with Gasteiger partial charge in [-0.2, -0.15) is 0 Å². The number of esters is 1. The Morgan fingerprint density at radius 1 is 1.19 bits per heavy atom. The van der Waals surface area contributed by atoms with Crippen LogP contribution < -0.4 is 5.32 Å². The van der Waals surface area contributed by atoms with Crippen molar-refractivity contribution >= 4 is 50.6 Å².